The third-order valence-corrected chi connectivity index (χ3v) is 13.5. The van der Waals surface area contributed by atoms with Crippen LogP contribution < -0.4 is 0 Å². The maximum Gasteiger partial charge on any atom is 0.227 e. The zero-order valence-electron chi connectivity index (χ0n) is 28.3. The molecule has 0 bridgehead atoms. The van der Waals surface area contributed by atoms with Gasteiger partial charge in [0.2, 0.25) is 5.78 Å². The van der Waals surface area contributed by atoms with Crippen molar-refractivity contribution in [2.24, 2.45) is 52.3 Å². The molecule has 9 atom stereocenters. The van der Waals surface area contributed by atoms with Crippen LogP contribution in [-0.4, -0.2) is 11.9 Å². The zero-order chi connectivity index (χ0) is 30.9. The number of ketones is 1. The molecule has 0 N–H and O–H groups in total. The van der Waals surface area contributed by atoms with E-state index in [9.17, 15) is 4.79 Å². The summed E-state index contributed by atoms with van der Waals surface area (Å²) in [6.07, 6.45) is 18.2. The van der Waals surface area contributed by atoms with Crippen molar-refractivity contribution in [3.8, 4) is 0 Å². The SMILES string of the molecule is CC(C)CCC[C@H](C)[C@@H]1CC[C@H]2[C@@H]3CC[C@@H]4CC(O/C(=C\c5ccccc5)C(=O)c5ccccc5)CC[C@]4(C)[C@H]3CC[C@@]21C. The highest BCUT2D eigenvalue weighted by molar-refractivity contribution is 6.09. The van der Waals surface area contributed by atoms with Gasteiger partial charge in [-0.3, -0.25) is 4.79 Å². The molecule has 0 spiro atoms. The summed E-state index contributed by atoms with van der Waals surface area (Å²) in [5.41, 5.74) is 2.68. The first kappa shape index (κ1) is 31.6. The molecule has 4 aliphatic rings. The predicted octanol–water partition coefficient (Wildman–Crippen LogP) is 11.4. The van der Waals surface area contributed by atoms with Gasteiger partial charge >= 0.3 is 0 Å². The number of hydrogen-bond acceptors (Lipinski definition) is 2. The Morgan fingerprint density at radius 1 is 0.818 bits per heavy atom. The number of allylic oxidation sites excluding steroid dienone is 1. The second-order valence-electron chi connectivity index (χ2n) is 16.3. The minimum absolute atomic E-state index is 0.00714. The summed E-state index contributed by atoms with van der Waals surface area (Å²) in [5.74, 6) is 6.51. The van der Waals surface area contributed by atoms with E-state index in [0.717, 1.165) is 53.9 Å². The minimum Gasteiger partial charge on any atom is -0.486 e. The molecule has 2 heteroatoms. The standard InChI is InChI=1S/C42H58O2/c1-29(2)13-12-14-30(3)36-21-22-37-35-20-19-33-28-34(23-25-41(33,4)38(35)24-26-42(36,37)5)44-39(27-31-15-8-6-9-16-31)40(43)32-17-10-7-11-18-32/h6-11,15-18,27,29-30,33-38H,12-14,19-26,28H2,1-5H3/b39-27-/t30-,33+,34?,35-,36-,37-,38-,41-,42+/m0/s1. The van der Waals surface area contributed by atoms with Crippen LogP contribution in [0.1, 0.15) is 128 Å². The van der Waals surface area contributed by atoms with E-state index in [4.69, 9.17) is 4.74 Å². The van der Waals surface area contributed by atoms with Crippen LogP contribution in [0.5, 0.6) is 0 Å². The van der Waals surface area contributed by atoms with E-state index in [1.54, 1.807) is 0 Å². The molecule has 0 saturated heterocycles. The molecule has 2 aromatic rings. The molecule has 0 aliphatic heterocycles. The second kappa shape index (κ2) is 13.2. The Balaban J connectivity index is 1.14. The Labute approximate surface area is 268 Å². The summed E-state index contributed by atoms with van der Waals surface area (Å²) in [7, 11) is 0. The fourth-order valence-corrected chi connectivity index (χ4v) is 11.1. The van der Waals surface area contributed by atoms with Crippen LogP contribution in [0.15, 0.2) is 66.4 Å². The molecular weight excluding hydrogens is 536 g/mol. The number of benzene rings is 2. The van der Waals surface area contributed by atoms with Crippen LogP contribution in [0.4, 0.5) is 0 Å². The lowest BCUT2D eigenvalue weighted by molar-refractivity contribution is -0.131. The number of carbonyl (C=O) groups excluding carboxylic acids is 1. The molecule has 6 rings (SSSR count). The van der Waals surface area contributed by atoms with E-state index in [1.807, 2.05) is 54.6 Å². The van der Waals surface area contributed by atoms with Gasteiger partial charge in [0.25, 0.3) is 0 Å². The number of rotatable bonds is 10. The highest BCUT2D eigenvalue weighted by atomic mass is 16.5. The van der Waals surface area contributed by atoms with E-state index >= 15 is 0 Å². The normalized spacial score (nSPS) is 35.8. The molecule has 4 aliphatic carbocycles. The van der Waals surface area contributed by atoms with Crippen molar-refractivity contribution in [1.29, 1.82) is 0 Å². The van der Waals surface area contributed by atoms with Gasteiger partial charge in [0.1, 0.15) is 0 Å². The first-order valence-electron chi connectivity index (χ1n) is 18.2. The van der Waals surface area contributed by atoms with E-state index in [1.165, 1.54) is 64.2 Å². The van der Waals surface area contributed by atoms with Crippen LogP contribution in [0.25, 0.3) is 6.08 Å². The Bertz CT molecular complexity index is 1280. The van der Waals surface area contributed by atoms with Crippen molar-refractivity contribution >= 4 is 11.9 Å². The van der Waals surface area contributed by atoms with E-state index in [0.29, 0.717) is 28.1 Å². The van der Waals surface area contributed by atoms with Gasteiger partial charge in [-0.2, -0.15) is 0 Å². The van der Waals surface area contributed by atoms with Gasteiger partial charge in [-0.1, -0.05) is 115 Å². The molecular formula is C42H58O2. The Hall–Kier alpha value is -2.35. The van der Waals surface area contributed by atoms with Crippen molar-refractivity contribution in [2.75, 3.05) is 0 Å². The maximum atomic E-state index is 13.7. The molecule has 0 heterocycles. The molecule has 4 saturated carbocycles. The summed E-state index contributed by atoms with van der Waals surface area (Å²) >= 11 is 0. The van der Waals surface area contributed by atoms with Crippen LogP contribution in [0, 0.1) is 52.3 Å². The Morgan fingerprint density at radius 2 is 1.50 bits per heavy atom. The van der Waals surface area contributed by atoms with Gasteiger partial charge in [0.15, 0.2) is 5.76 Å². The van der Waals surface area contributed by atoms with Crippen LogP contribution >= 0.6 is 0 Å². The van der Waals surface area contributed by atoms with Crippen molar-refractivity contribution in [3.63, 3.8) is 0 Å². The molecule has 0 amide bonds. The first-order chi connectivity index (χ1) is 21.2. The average molecular weight is 595 g/mol. The third-order valence-electron chi connectivity index (χ3n) is 13.5. The van der Waals surface area contributed by atoms with Gasteiger partial charge in [-0.25, -0.2) is 0 Å². The predicted molar refractivity (Wildman–Crippen MR) is 183 cm³/mol. The van der Waals surface area contributed by atoms with E-state index < -0.39 is 0 Å². The highest BCUT2D eigenvalue weighted by Gasteiger charge is 2.60. The van der Waals surface area contributed by atoms with Crippen molar-refractivity contribution in [1.82, 2.24) is 0 Å². The lowest BCUT2D eigenvalue weighted by Crippen LogP contribution is -2.54. The number of fused-ring (bicyclic) bond motifs is 5. The van der Waals surface area contributed by atoms with Crippen LogP contribution in [0.3, 0.4) is 0 Å². The van der Waals surface area contributed by atoms with Gasteiger partial charge in [0.05, 0.1) is 6.10 Å². The van der Waals surface area contributed by atoms with Crippen LogP contribution in [0.2, 0.25) is 0 Å². The lowest BCUT2D eigenvalue weighted by Gasteiger charge is -2.61. The first-order valence-corrected chi connectivity index (χ1v) is 18.2. The molecule has 0 aromatic heterocycles. The summed E-state index contributed by atoms with van der Waals surface area (Å²) in [4.78, 5) is 13.7. The number of Topliss-reactive ketones (excluding diaryl/α,β-unsaturated/α-hetero) is 1. The quantitative estimate of drug-likeness (QED) is 0.155. The molecule has 2 nitrogen and oxygen atoms in total. The summed E-state index contributed by atoms with van der Waals surface area (Å²) in [6, 6.07) is 19.8. The fourth-order valence-electron chi connectivity index (χ4n) is 11.1. The Morgan fingerprint density at radius 3 is 2.23 bits per heavy atom. The smallest absolute Gasteiger partial charge is 0.227 e. The van der Waals surface area contributed by atoms with Gasteiger partial charge in [-0.05, 0) is 122 Å². The topological polar surface area (TPSA) is 26.3 Å². The maximum absolute atomic E-state index is 13.7. The number of ether oxygens (including phenoxy) is 1. The lowest BCUT2D eigenvalue weighted by atomic mass is 9.44. The molecule has 44 heavy (non-hydrogen) atoms. The summed E-state index contributed by atoms with van der Waals surface area (Å²) < 4.78 is 6.73. The van der Waals surface area contributed by atoms with Gasteiger partial charge < -0.3 is 4.74 Å². The van der Waals surface area contributed by atoms with E-state index in [-0.39, 0.29) is 11.9 Å². The Kier molecular flexibility index (Phi) is 9.47. The summed E-state index contributed by atoms with van der Waals surface area (Å²) in [5, 5.41) is 0. The minimum atomic E-state index is -0.00714. The molecule has 2 aromatic carbocycles. The largest absolute Gasteiger partial charge is 0.486 e. The molecule has 0 radical (unpaired) electrons. The molecule has 1 unspecified atom stereocenters. The summed E-state index contributed by atoms with van der Waals surface area (Å²) in [6.45, 7) is 12.7. The van der Waals surface area contributed by atoms with E-state index in [2.05, 4.69) is 46.8 Å². The molecule has 238 valence electrons. The van der Waals surface area contributed by atoms with Crippen LogP contribution in [-0.2, 0) is 4.74 Å². The van der Waals surface area contributed by atoms with Gasteiger partial charge in [0, 0.05) is 5.56 Å². The van der Waals surface area contributed by atoms with Gasteiger partial charge in [-0.15, -0.1) is 0 Å². The fraction of sp³-hybridized carbons (Fsp3) is 0.643. The van der Waals surface area contributed by atoms with Crippen molar-refractivity contribution in [3.05, 3.63) is 77.5 Å². The highest BCUT2D eigenvalue weighted by Crippen LogP contribution is 2.68. The third kappa shape index (κ3) is 6.21. The van der Waals surface area contributed by atoms with Crippen molar-refractivity contribution < 1.29 is 9.53 Å². The monoisotopic (exact) mass is 594 g/mol. The number of hydrogen-bond donors (Lipinski definition) is 0. The second-order valence-corrected chi connectivity index (χ2v) is 16.3. The van der Waals surface area contributed by atoms with Crippen molar-refractivity contribution in [2.45, 2.75) is 118 Å². The number of carbonyl (C=O) groups is 1. The zero-order valence-corrected chi connectivity index (χ0v) is 28.3. The average Bonchev–Trinajstić information content (AvgIpc) is 3.38. The molecule has 4 fully saturated rings.